The van der Waals surface area contributed by atoms with Crippen molar-refractivity contribution in [3.8, 4) is 22.3 Å². The topological polar surface area (TPSA) is 0 Å². The van der Waals surface area contributed by atoms with Crippen molar-refractivity contribution in [1.82, 2.24) is 0 Å². The van der Waals surface area contributed by atoms with E-state index < -0.39 is 0 Å². The molecule has 0 bridgehead atoms. The molecule has 218 valence electrons. The highest BCUT2D eigenvalue weighted by Gasteiger charge is 2.25. The van der Waals surface area contributed by atoms with Gasteiger partial charge in [-0.05, 0) is 120 Å². The summed E-state index contributed by atoms with van der Waals surface area (Å²) in [4.78, 5) is 0. The third-order valence-corrected chi connectivity index (χ3v) is 11.8. The highest BCUT2D eigenvalue weighted by molar-refractivity contribution is 7.25. The molecule has 1 heterocycles. The van der Waals surface area contributed by atoms with E-state index in [0.29, 0.717) is 5.92 Å². The van der Waals surface area contributed by atoms with Crippen molar-refractivity contribution in [2.45, 2.75) is 32.1 Å². The van der Waals surface area contributed by atoms with Crippen LogP contribution in [0.3, 0.4) is 0 Å². The summed E-state index contributed by atoms with van der Waals surface area (Å²) in [5.74, 6) is 0.675. The van der Waals surface area contributed by atoms with Gasteiger partial charge in [-0.3, -0.25) is 0 Å². The van der Waals surface area contributed by atoms with Crippen molar-refractivity contribution in [3.63, 3.8) is 0 Å². The molecule has 1 aromatic heterocycles. The second kappa shape index (κ2) is 10.0. The standard InChI is InChI=1S/C45H32S/c1-27-12-8-22-35-38(26-29-15-10-21-30(28-13-9-14-28)42(29)41(27)35)44-33-18-4-2-16-31(33)43(32-17-3-5-19-34(32)44)37-23-11-25-40-45(37)36-20-6-7-24-39(36)46-40/h2-8,10-12,15-26,28H,9,13-14H2,1H3. The molecule has 0 saturated heterocycles. The number of hydrogen-bond donors (Lipinski definition) is 0. The van der Waals surface area contributed by atoms with E-state index in [2.05, 4.69) is 140 Å². The quantitative estimate of drug-likeness (QED) is 0.139. The van der Waals surface area contributed by atoms with Gasteiger partial charge in [0.15, 0.2) is 0 Å². The van der Waals surface area contributed by atoms with Gasteiger partial charge in [0.2, 0.25) is 0 Å². The van der Waals surface area contributed by atoms with Crippen molar-refractivity contribution in [2.24, 2.45) is 0 Å². The number of thiophene rings is 1. The maximum Gasteiger partial charge on any atom is 0.0361 e. The Morgan fingerprint density at radius 1 is 0.478 bits per heavy atom. The molecular weight excluding hydrogens is 573 g/mol. The van der Waals surface area contributed by atoms with Crippen molar-refractivity contribution < 1.29 is 0 Å². The molecule has 0 unspecified atom stereocenters. The van der Waals surface area contributed by atoms with Gasteiger partial charge in [-0.2, -0.15) is 0 Å². The molecule has 0 atom stereocenters. The number of hydrogen-bond acceptors (Lipinski definition) is 1. The van der Waals surface area contributed by atoms with Crippen molar-refractivity contribution >= 4 is 74.6 Å². The monoisotopic (exact) mass is 604 g/mol. The van der Waals surface area contributed by atoms with Gasteiger partial charge >= 0.3 is 0 Å². The van der Waals surface area contributed by atoms with Gasteiger partial charge in [0.05, 0.1) is 0 Å². The van der Waals surface area contributed by atoms with Crippen LogP contribution in [0.1, 0.15) is 36.3 Å². The van der Waals surface area contributed by atoms with Gasteiger partial charge in [-0.25, -0.2) is 0 Å². The van der Waals surface area contributed by atoms with Gasteiger partial charge in [-0.15, -0.1) is 11.3 Å². The molecule has 0 nitrogen and oxygen atoms in total. The van der Waals surface area contributed by atoms with E-state index >= 15 is 0 Å². The SMILES string of the molecule is Cc1cccc2c(-c3c4ccccc4c(-c4cccc5sc6ccccc6c45)c4ccccc34)cc3cccc(C4CCC4)c3c12. The van der Waals surface area contributed by atoms with Gasteiger partial charge in [-0.1, -0.05) is 122 Å². The van der Waals surface area contributed by atoms with E-state index in [1.807, 2.05) is 11.3 Å². The van der Waals surface area contributed by atoms with Crippen LogP contribution >= 0.6 is 11.3 Å². The average Bonchev–Trinajstić information content (AvgIpc) is 3.45. The first kappa shape index (κ1) is 26.3. The first-order chi connectivity index (χ1) is 22.8. The molecule has 1 fully saturated rings. The fourth-order valence-corrected chi connectivity index (χ4v) is 9.55. The van der Waals surface area contributed by atoms with E-state index in [1.54, 1.807) is 0 Å². The first-order valence-corrected chi connectivity index (χ1v) is 17.4. The molecule has 46 heavy (non-hydrogen) atoms. The molecule has 1 heteroatoms. The number of rotatable bonds is 3. The molecule has 0 aliphatic heterocycles. The fraction of sp³-hybridized carbons (Fsp3) is 0.111. The zero-order valence-electron chi connectivity index (χ0n) is 25.8. The van der Waals surface area contributed by atoms with Gasteiger partial charge in [0, 0.05) is 20.2 Å². The lowest BCUT2D eigenvalue weighted by Crippen LogP contribution is -2.09. The van der Waals surface area contributed by atoms with Crippen LogP contribution in [0.4, 0.5) is 0 Å². The lowest BCUT2D eigenvalue weighted by Gasteiger charge is -2.28. The van der Waals surface area contributed by atoms with E-state index in [1.165, 1.54) is 116 Å². The predicted octanol–water partition coefficient (Wildman–Crippen LogP) is 13.6. The summed E-state index contributed by atoms with van der Waals surface area (Å²) in [6.45, 7) is 2.30. The average molecular weight is 605 g/mol. The second-order valence-electron chi connectivity index (χ2n) is 13.1. The summed E-state index contributed by atoms with van der Waals surface area (Å²) in [6, 6.07) is 50.4. The molecule has 0 N–H and O–H groups in total. The Morgan fingerprint density at radius 2 is 1.07 bits per heavy atom. The third-order valence-electron chi connectivity index (χ3n) is 10.7. The van der Waals surface area contributed by atoms with E-state index in [9.17, 15) is 0 Å². The molecule has 0 amide bonds. The van der Waals surface area contributed by atoms with Crippen LogP contribution in [0.5, 0.6) is 0 Å². The Bertz CT molecular complexity index is 2630. The Labute approximate surface area is 272 Å². The highest BCUT2D eigenvalue weighted by Crippen LogP contribution is 2.50. The van der Waals surface area contributed by atoms with Crippen LogP contribution in [-0.4, -0.2) is 0 Å². The van der Waals surface area contributed by atoms with E-state index in [4.69, 9.17) is 0 Å². The summed E-state index contributed by atoms with van der Waals surface area (Å²) in [5.41, 5.74) is 8.21. The van der Waals surface area contributed by atoms with Crippen LogP contribution in [0, 0.1) is 6.92 Å². The molecular formula is C45H32S. The van der Waals surface area contributed by atoms with Crippen LogP contribution in [0.25, 0.3) is 85.5 Å². The van der Waals surface area contributed by atoms with Crippen LogP contribution < -0.4 is 0 Å². The van der Waals surface area contributed by atoms with E-state index in [-0.39, 0.29) is 0 Å². The normalized spacial score (nSPS) is 13.8. The number of fused-ring (bicyclic) bond motifs is 8. The lowest BCUT2D eigenvalue weighted by molar-refractivity contribution is 0.422. The zero-order chi connectivity index (χ0) is 30.4. The molecule has 0 radical (unpaired) electrons. The Balaban J connectivity index is 1.37. The lowest BCUT2D eigenvalue weighted by atomic mass is 9.76. The summed E-state index contributed by atoms with van der Waals surface area (Å²) >= 11 is 1.89. The molecule has 10 rings (SSSR count). The summed E-state index contributed by atoms with van der Waals surface area (Å²) in [7, 11) is 0. The molecule has 0 spiro atoms. The predicted molar refractivity (Wildman–Crippen MR) is 202 cm³/mol. The van der Waals surface area contributed by atoms with E-state index in [0.717, 1.165) is 0 Å². The van der Waals surface area contributed by atoms with Crippen LogP contribution in [0.2, 0.25) is 0 Å². The smallest absolute Gasteiger partial charge is 0.0361 e. The minimum absolute atomic E-state index is 0.675. The Kier molecular flexibility index (Phi) is 5.71. The summed E-state index contributed by atoms with van der Waals surface area (Å²) in [5, 5.41) is 13.5. The Morgan fingerprint density at radius 3 is 1.76 bits per heavy atom. The van der Waals surface area contributed by atoms with Gasteiger partial charge in [0.1, 0.15) is 0 Å². The first-order valence-electron chi connectivity index (χ1n) is 16.6. The number of benzene rings is 8. The maximum absolute atomic E-state index is 2.50. The zero-order valence-corrected chi connectivity index (χ0v) is 26.6. The fourth-order valence-electron chi connectivity index (χ4n) is 8.41. The van der Waals surface area contributed by atoms with Crippen LogP contribution in [0.15, 0.2) is 133 Å². The Hall–Kier alpha value is -4.98. The van der Waals surface area contributed by atoms with Gasteiger partial charge in [0.25, 0.3) is 0 Å². The molecule has 9 aromatic rings. The summed E-state index contributed by atoms with van der Waals surface area (Å²) in [6.07, 6.45) is 3.95. The molecule has 8 aromatic carbocycles. The summed E-state index contributed by atoms with van der Waals surface area (Å²) < 4.78 is 2.68. The van der Waals surface area contributed by atoms with Gasteiger partial charge < -0.3 is 0 Å². The molecule has 1 aliphatic rings. The van der Waals surface area contributed by atoms with Crippen molar-refractivity contribution in [1.29, 1.82) is 0 Å². The van der Waals surface area contributed by atoms with Crippen molar-refractivity contribution in [3.05, 3.63) is 145 Å². The highest BCUT2D eigenvalue weighted by atomic mass is 32.1. The minimum atomic E-state index is 0.675. The minimum Gasteiger partial charge on any atom is -0.135 e. The second-order valence-corrected chi connectivity index (χ2v) is 14.2. The molecule has 1 saturated carbocycles. The van der Waals surface area contributed by atoms with Crippen LogP contribution in [-0.2, 0) is 0 Å². The largest absolute Gasteiger partial charge is 0.135 e. The maximum atomic E-state index is 2.50. The number of aryl methyl sites for hydroxylation is 1. The third kappa shape index (κ3) is 3.67. The molecule has 1 aliphatic carbocycles. The van der Waals surface area contributed by atoms with Crippen molar-refractivity contribution in [2.75, 3.05) is 0 Å².